The molecule has 0 unspecified atom stereocenters. The van der Waals surface area contributed by atoms with Gasteiger partial charge in [0.05, 0.1) is 0 Å². The van der Waals surface area contributed by atoms with Gasteiger partial charge in [0.2, 0.25) is 0 Å². The highest BCUT2D eigenvalue weighted by atomic mass is 79.9. The van der Waals surface area contributed by atoms with Gasteiger partial charge in [-0.15, -0.1) is 29.4 Å². The van der Waals surface area contributed by atoms with Gasteiger partial charge in [0.25, 0.3) is 0 Å². The lowest BCUT2D eigenvalue weighted by atomic mass is 10.4. The van der Waals surface area contributed by atoms with Crippen LogP contribution in [0.25, 0.3) is 0 Å². The van der Waals surface area contributed by atoms with E-state index in [4.69, 9.17) is 0 Å². The lowest BCUT2D eigenvalue weighted by molar-refractivity contribution is 1.74. The van der Waals surface area contributed by atoms with Crippen molar-refractivity contribution >= 4 is 53.2 Å². The van der Waals surface area contributed by atoms with E-state index < -0.39 is 7.92 Å². The van der Waals surface area contributed by atoms with Gasteiger partial charge in [0, 0.05) is 0 Å². The van der Waals surface area contributed by atoms with Gasteiger partial charge in [0.1, 0.15) is 0 Å². The predicted molar refractivity (Wildman–Crippen MR) is 103 cm³/mol. The van der Waals surface area contributed by atoms with Crippen molar-refractivity contribution < 1.29 is 0 Å². The first-order valence-corrected chi connectivity index (χ1v) is 7.74. The van der Waals surface area contributed by atoms with Crippen LogP contribution in [0.3, 0.4) is 0 Å². The molecule has 0 aliphatic rings. The molecule has 3 aromatic carbocycles. The first-order valence-electron chi connectivity index (χ1n) is 6.40. The lowest BCUT2D eigenvalue weighted by Crippen LogP contribution is -2.20. The van der Waals surface area contributed by atoms with Gasteiger partial charge in [-0.05, 0) is 23.8 Å². The van der Waals surface area contributed by atoms with Crippen LogP contribution in [-0.4, -0.2) is 0 Å². The molecule has 0 fully saturated rings. The van der Waals surface area contributed by atoms with Crippen LogP contribution in [0.2, 0.25) is 0 Å². The van der Waals surface area contributed by atoms with Crippen LogP contribution >= 0.6 is 37.3 Å². The standard InChI is InChI=1S/C18H15P.BrH.ClH/c1-4-10-16(11-5-1)19(17-12-6-2-7-13-17)18-14-8-3-9-15-18;;/h1-15H;2*1H. The summed E-state index contributed by atoms with van der Waals surface area (Å²) < 4.78 is 0. The zero-order valence-corrected chi connectivity index (χ0v) is 14.8. The highest BCUT2D eigenvalue weighted by molar-refractivity contribution is 8.93. The molecule has 0 aromatic heterocycles. The third-order valence-electron chi connectivity index (χ3n) is 3.04. The van der Waals surface area contributed by atoms with Crippen molar-refractivity contribution in [2.45, 2.75) is 0 Å². The van der Waals surface area contributed by atoms with E-state index in [9.17, 15) is 0 Å². The van der Waals surface area contributed by atoms with Crippen LogP contribution in [-0.2, 0) is 0 Å². The summed E-state index contributed by atoms with van der Waals surface area (Å²) in [6, 6.07) is 32.3. The first kappa shape index (κ1) is 17.9. The van der Waals surface area contributed by atoms with Crippen molar-refractivity contribution in [2.75, 3.05) is 0 Å². The molecule has 21 heavy (non-hydrogen) atoms. The maximum atomic E-state index is 2.23. The number of hydrogen-bond acceptors (Lipinski definition) is 0. The third kappa shape index (κ3) is 4.41. The van der Waals surface area contributed by atoms with E-state index in [2.05, 4.69) is 91.0 Å². The van der Waals surface area contributed by atoms with E-state index in [1.165, 1.54) is 15.9 Å². The highest BCUT2D eigenvalue weighted by Gasteiger charge is 2.14. The summed E-state index contributed by atoms with van der Waals surface area (Å²) in [5.41, 5.74) is 0. The molecule has 3 aromatic rings. The largest absolute Gasteiger partial charge is 0.147 e. The molecular weight excluding hydrogens is 363 g/mol. The number of benzene rings is 3. The van der Waals surface area contributed by atoms with E-state index in [-0.39, 0.29) is 29.4 Å². The minimum absolute atomic E-state index is 0. The molecule has 0 atom stereocenters. The number of hydrogen-bond donors (Lipinski definition) is 0. The smallest absolute Gasteiger partial charge is 0.0134 e. The molecule has 0 radical (unpaired) electrons. The van der Waals surface area contributed by atoms with Crippen molar-refractivity contribution in [1.82, 2.24) is 0 Å². The Hall–Kier alpha value is -1.14. The Balaban J connectivity index is 0.00000110. The van der Waals surface area contributed by atoms with Gasteiger partial charge in [-0.3, -0.25) is 0 Å². The fourth-order valence-corrected chi connectivity index (χ4v) is 4.48. The van der Waals surface area contributed by atoms with Gasteiger partial charge in [-0.2, -0.15) is 0 Å². The molecule has 108 valence electrons. The van der Waals surface area contributed by atoms with Crippen molar-refractivity contribution in [2.24, 2.45) is 0 Å². The molecule has 0 aliphatic carbocycles. The van der Waals surface area contributed by atoms with E-state index in [0.29, 0.717) is 0 Å². The van der Waals surface area contributed by atoms with Gasteiger partial charge in [-0.25, -0.2) is 0 Å². The van der Waals surface area contributed by atoms with Crippen LogP contribution in [0, 0.1) is 0 Å². The first-order chi connectivity index (χ1) is 9.45. The van der Waals surface area contributed by atoms with E-state index in [1.54, 1.807) is 0 Å². The molecule has 0 nitrogen and oxygen atoms in total. The fourth-order valence-electron chi connectivity index (χ4n) is 2.18. The van der Waals surface area contributed by atoms with Crippen molar-refractivity contribution in [3.8, 4) is 0 Å². The van der Waals surface area contributed by atoms with Crippen LogP contribution in [0.4, 0.5) is 0 Å². The molecule has 0 saturated heterocycles. The summed E-state index contributed by atoms with van der Waals surface area (Å²) in [5, 5.41) is 4.19. The zero-order chi connectivity index (χ0) is 12.9. The average Bonchev–Trinajstić information content (AvgIpc) is 2.51. The zero-order valence-electron chi connectivity index (χ0n) is 11.4. The number of halogens is 2. The van der Waals surface area contributed by atoms with Gasteiger partial charge in [0.15, 0.2) is 0 Å². The minimum Gasteiger partial charge on any atom is -0.147 e. The van der Waals surface area contributed by atoms with Crippen molar-refractivity contribution in [1.29, 1.82) is 0 Å². The van der Waals surface area contributed by atoms with E-state index >= 15 is 0 Å². The molecule has 0 spiro atoms. The quantitative estimate of drug-likeness (QED) is 0.590. The molecule has 0 saturated carbocycles. The monoisotopic (exact) mass is 378 g/mol. The maximum absolute atomic E-state index is 2.23. The van der Waals surface area contributed by atoms with Crippen molar-refractivity contribution in [3.63, 3.8) is 0 Å². The summed E-state index contributed by atoms with van der Waals surface area (Å²) in [6.07, 6.45) is 0. The minimum atomic E-state index is -0.446. The van der Waals surface area contributed by atoms with Crippen LogP contribution in [0.1, 0.15) is 0 Å². The third-order valence-corrected chi connectivity index (χ3v) is 5.49. The Morgan fingerprint density at radius 1 is 0.429 bits per heavy atom. The molecule has 0 amide bonds. The second-order valence-electron chi connectivity index (χ2n) is 4.34. The van der Waals surface area contributed by atoms with E-state index in [0.717, 1.165) is 0 Å². The highest BCUT2D eigenvalue weighted by Crippen LogP contribution is 2.32. The normalized spacial score (nSPS) is 9.57. The van der Waals surface area contributed by atoms with Crippen LogP contribution < -0.4 is 15.9 Å². The molecule has 3 heteroatoms. The maximum Gasteiger partial charge on any atom is -0.0134 e. The Bertz CT molecular complexity index is 535. The van der Waals surface area contributed by atoms with Gasteiger partial charge < -0.3 is 0 Å². The van der Waals surface area contributed by atoms with Crippen LogP contribution in [0.5, 0.6) is 0 Å². The van der Waals surface area contributed by atoms with Gasteiger partial charge in [-0.1, -0.05) is 91.0 Å². The summed E-state index contributed by atoms with van der Waals surface area (Å²) in [5.74, 6) is 0. The Labute approximate surface area is 144 Å². The Morgan fingerprint density at radius 3 is 0.905 bits per heavy atom. The fraction of sp³-hybridized carbons (Fsp3) is 0. The molecule has 3 rings (SSSR count). The van der Waals surface area contributed by atoms with Crippen LogP contribution in [0.15, 0.2) is 91.0 Å². The SMILES string of the molecule is Br.Cl.c1ccc(P(c2ccccc2)c2ccccc2)cc1. The summed E-state index contributed by atoms with van der Waals surface area (Å²) in [6.45, 7) is 0. The molecule has 0 bridgehead atoms. The second kappa shape index (κ2) is 9.00. The number of rotatable bonds is 3. The van der Waals surface area contributed by atoms with E-state index in [1.807, 2.05) is 0 Å². The Kier molecular flexibility index (Phi) is 7.67. The second-order valence-corrected chi connectivity index (χ2v) is 6.56. The molecular formula is C18H17BrClP. The average molecular weight is 380 g/mol. The van der Waals surface area contributed by atoms with Gasteiger partial charge >= 0.3 is 0 Å². The Morgan fingerprint density at radius 2 is 0.667 bits per heavy atom. The molecule has 0 N–H and O–H groups in total. The summed E-state index contributed by atoms with van der Waals surface area (Å²) >= 11 is 0. The molecule has 0 aliphatic heterocycles. The lowest BCUT2D eigenvalue weighted by Gasteiger charge is -2.18. The predicted octanol–water partition coefficient (Wildman–Crippen LogP) is 4.44. The topological polar surface area (TPSA) is 0 Å². The van der Waals surface area contributed by atoms with Crippen molar-refractivity contribution in [3.05, 3.63) is 91.0 Å². The molecule has 0 heterocycles. The summed E-state index contributed by atoms with van der Waals surface area (Å²) in [7, 11) is -0.446. The summed E-state index contributed by atoms with van der Waals surface area (Å²) in [4.78, 5) is 0.